The molecule has 0 aliphatic heterocycles. The number of alkyl halides is 12. The molecule has 0 saturated carbocycles. The molecule has 0 heterocycles. The number of hydrogen-bond acceptors (Lipinski definition) is 1. The predicted octanol–water partition coefficient (Wildman–Crippen LogP) is 6.30. The minimum Gasteiger partial charge on any atom is -0.512 e. The molecule has 0 bridgehead atoms. The van der Waals surface area contributed by atoms with E-state index in [1.54, 1.807) is 0 Å². The maximum atomic E-state index is 11.8. The van der Waals surface area contributed by atoms with Crippen LogP contribution in [-0.2, 0) is 0 Å². The van der Waals surface area contributed by atoms with Crippen LogP contribution in [-0.4, -0.2) is 29.8 Å². The zero-order valence-electron chi connectivity index (χ0n) is 11.4. The van der Waals surface area contributed by atoms with Crippen molar-refractivity contribution in [3.05, 3.63) is 22.7 Å². The van der Waals surface area contributed by atoms with Crippen molar-refractivity contribution in [3.8, 4) is 0 Å². The van der Waals surface area contributed by atoms with Crippen LogP contribution in [0.3, 0.4) is 0 Å². The third-order valence-electron chi connectivity index (χ3n) is 1.84. The number of aliphatic hydroxyl groups excluding tert-OH is 1. The first-order chi connectivity index (χ1) is 10.1. The summed E-state index contributed by atoms with van der Waals surface area (Å²) in [6, 6.07) is 0. The second kappa shape index (κ2) is 7.51. The van der Waals surface area contributed by atoms with Crippen molar-refractivity contribution in [2.24, 2.45) is 0 Å². The first kappa shape index (κ1) is 24.6. The zero-order chi connectivity index (χ0) is 20.3. The van der Waals surface area contributed by atoms with Crippen molar-refractivity contribution in [2.45, 2.75) is 38.6 Å². The minimum absolute atomic E-state index is 0.107. The normalized spacial score (nSPS) is 13.0. The molecule has 1 N–H and O–H groups in total. The molecule has 0 aromatic heterocycles. The summed E-state index contributed by atoms with van der Waals surface area (Å²) in [6.07, 6.45) is -22.5. The third kappa shape index (κ3) is 8.29. The molecule has 0 aliphatic carbocycles. The Hall–Kier alpha value is -1.63. The van der Waals surface area contributed by atoms with Crippen LogP contribution in [0.25, 0.3) is 0 Å². The summed E-state index contributed by atoms with van der Waals surface area (Å²) < 4.78 is 150. The highest BCUT2D eigenvalue weighted by molar-refractivity contribution is 5.18. The van der Waals surface area contributed by atoms with E-state index in [0.29, 0.717) is 6.92 Å². The first-order valence-electron chi connectivity index (χ1n) is 5.18. The van der Waals surface area contributed by atoms with Gasteiger partial charge in [0.15, 0.2) is 11.1 Å². The second-order valence-corrected chi connectivity index (χ2v) is 3.86. The molecule has 0 fully saturated rings. The Morgan fingerprint density at radius 1 is 0.542 bits per heavy atom. The minimum atomic E-state index is -5.70. The largest absolute Gasteiger partial charge is 0.512 e. The second-order valence-electron chi connectivity index (χ2n) is 3.86. The fourth-order valence-corrected chi connectivity index (χ4v) is 1.12. The quantitative estimate of drug-likeness (QED) is 0.380. The molecular formula is C10H7F13O. The fourth-order valence-electron chi connectivity index (χ4n) is 1.12. The van der Waals surface area contributed by atoms with Crippen molar-refractivity contribution in [3.63, 3.8) is 0 Å². The fraction of sp³-hybridized carbons (Fsp3) is 0.600. The lowest BCUT2D eigenvalue weighted by Gasteiger charge is -2.14. The molecule has 0 amide bonds. The molecule has 0 rings (SSSR count). The molecule has 0 spiro atoms. The van der Waals surface area contributed by atoms with Gasteiger partial charge in [-0.2, -0.15) is 52.7 Å². The molecule has 0 aromatic rings. The molecule has 144 valence electrons. The summed E-state index contributed by atoms with van der Waals surface area (Å²) in [5.41, 5.74) is -5.95. The van der Waals surface area contributed by atoms with E-state index in [-0.39, 0.29) is 6.92 Å². The van der Waals surface area contributed by atoms with E-state index in [2.05, 4.69) is 0 Å². The molecule has 1 nitrogen and oxygen atoms in total. The molecule has 14 heteroatoms. The van der Waals surface area contributed by atoms with Gasteiger partial charge in [-0.05, 0) is 13.8 Å². The van der Waals surface area contributed by atoms with Gasteiger partial charge in [-0.15, -0.1) is 0 Å². The van der Waals surface area contributed by atoms with E-state index >= 15 is 0 Å². The highest BCUT2D eigenvalue weighted by Crippen LogP contribution is 2.41. The average molecular weight is 390 g/mol. The van der Waals surface area contributed by atoms with Crippen molar-refractivity contribution in [1.29, 1.82) is 0 Å². The lowest BCUT2D eigenvalue weighted by atomic mass is 10.2. The van der Waals surface area contributed by atoms with E-state index < -0.39 is 47.4 Å². The molecule has 0 unspecified atom stereocenters. The van der Waals surface area contributed by atoms with Crippen LogP contribution >= 0.6 is 0 Å². The van der Waals surface area contributed by atoms with Gasteiger partial charge in [0.25, 0.3) is 0 Å². The molecule has 24 heavy (non-hydrogen) atoms. The zero-order valence-corrected chi connectivity index (χ0v) is 11.4. The van der Waals surface area contributed by atoms with Gasteiger partial charge in [0.1, 0.15) is 11.6 Å². The van der Waals surface area contributed by atoms with Crippen molar-refractivity contribution in [1.82, 2.24) is 0 Å². The molecule has 0 aliphatic rings. The summed E-state index contributed by atoms with van der Waals surface area (Å²) >= 11 is 0. The van der Waals surface area contributed by atoms with Crippen LogP contribution in [0.1, 0.15) is 13.8 Å². The van der Waals surface area contributed by atoms with Crippen LogP contribution in [0.5, 0.6) is 0 Å². The average Bonchev–Trinajstić information content (AvgIpc) is 2.03. The number of halogens is 13. The van der Waals surface area contributed by atoms with Crippen LogP contribution in [0.15, 0.2) is 22.7 Å². The summed E-state index contributed by atoms with van der Waals surface area (Å²) in [4.78, 5) is 0. The number of allylic oxidation sites excluding steroid dienone is 4. The maximum absolute atomic E-state index is 11.8. The number of aliphatic hydroxyl groups is 1. The number of hydrogen-bond donors (Lipinski definition) is 1. The van der Waals surface area contributed by atoms with Crippen molar-refractivity contribution >= 4 is 0 Å². The maximum Gasteiger partial charge on any atom is 0.424 e. The van der Waals surface area contributed by atoms with Gasteiger partial charge in [0.2, 0.25) is 0 Å². The van der Waals surface area contributed by atoms with E-state index in [1.807, 2.05) is 0 Å². The van der Waals surface area contributed by atoms with E-state index in [4.69, 9.17) is 5.11 Å². The Kier molecular flexibility index (Phi) is 7.70. The predicted molar refractivity (Wildman–Crippen MR) is 53.4 cm³/mol. The lowest BCUT2D eigenvalue weighted by Crippen LogP contribution is -2.27. The van der Waals surface area contributed by atoms with Crippen LogP contribution in [0, 0.1) is 0 Å². The smallest absolute Gasteiger partial charge is 0.424 e. The first-order valence-corrected chi connectivity index (χ1v) is 5.18. The van der Waals surface area contributed by atoms with Gasteiger partial charge in [-0.25, -0.2) is 4.39 Å². The lowest BCUT2D eigenvalue weighted by molar-refractivity contribution is -0.176. The van der Waals surface area contributed by atoms with Gasteiger partial charge in [-0.3, -0.25) is 0 Å². The van der Waals surface area contributed by atoms with Crippen molar-refractivity contribution in [2.75, 3.05) is 0 Å². The van der Waals surface area contributed by atoms with E-state index in [0.717, 1.165) is 0 Å². The van der Waals surface area contributed by atoms with Gasteiger partial charge in [-0.1, -0.05) is 0 Å². The highest BCUT2D eigenvalue weighted by atomic mass is 19.4. The van der Waals surface area contributed by atoms with E-state index in [1.165, 1.54) is 0 Å². The monoisotopic (exact) mass is 390 g/mol. The van der Waals surface area contributed by atoms with E-state index in [9.17, 15) is 57.1 Å². The topological polar surface area (TPSA) is 20.2 Å². The van der Waals surface area contributed by atoms with Crippen LogP contribution in [0.4, 0.5) is 57.1 Å². The van der Waals surface area contributed by atoms with Gasteiger partial charge in [0.05, 0.1) is 0 Å². The Labute approximate surface area is 125 Å². The molecule has 0 saturated heterocycles. The van der Waals surface area contributed by atoms with Crippen molar-refractivity contribution < 1.29 is 62.2 Å². The highest BCUT2D eigenvalue weighted by Gasteiger charge is 2.53. The summed E-state index contributed by atoms with van der Waals surface area (Å²) in [6.45, 7) is 0.437. The van der Waals surface area contributed by atoms with Gasteiger partial charge in [0, 0.05) is 0 Å². The third-order valence-corrected chi connectivity index (χ3v) is 1.84. The van der Waals surface area contributed by atoms with Gasteiger partial charge < -0.3 is 5.11 Å². The molecular weight excluding hydrogens is 383 g/mol. The Bertz CT molecular complexity index is 397. The summed E-state index contributed by atoms with van der Waals surface area (Å²) in [5, 5.41) is 8.12. The van der Waals surface area contributed by atoms with Crippen LogP contribution < -0.4 is 0 Å². The Morgan fingerprint density at radius 3 is 0.750 bits per heavy atom. The summed E-state index contributed by atoms with van der Waals surface area (Å²) in [5.74, 6) is -4.06. The standard InChI is InChI=1S/C5H3F7.C5H4F6O/c1-2(6)3(4(7,8)9)5(10,11)12;1-2(12)3(4(6,7)8)5(9,10)11/h1H3;12H,1H3. The number of rotatable bonds is 0. The Morgan fingerprint density at radius 2 is 0.750 bits per heavy atom. The SMILES string of the molecule is CC(F)=C(C(F)(F)F)C(F)(F)F.CC(O)=C(C(F)(F)F)C(F)(F)F. The summed E-state index contributed by atoms with van der Waals surface area (Å²) in [7, 11) is 0. The molecule has 0 atom stereocenters. The van der Waals surface area contributed by atoms with Gasteiger partial charge >= 0.3 is 24.7 Å². The molecule has 0 aromatic carbocycles. The molecule has 0 radical (unpaired) electrons. The van der Waals surface area contributed by atoms with Crippen LogP contribution in [0.2, 0.25) is 0 Å². The Balaban J connectivity index is 0.